The summed E-state index contributed by atoms with van der Waals surface area (Å²) in [6.45, 7) is 2.34. The van der Waals surface area contributed by atoms with Crippen molar-refractivity contribution in [2.24, 2.45) is 0 Å². The number of rotatable bonds is 4. The number of nitrogens with two attached hydrogens (primary N) is 1. The van der Waals surface area contributed by atoms with Crippen LogP contribution in [-0.4, -0.2) is 29.9 Å². The molecule has 2 N–H and O–H groups in total. The predicted octanol–water partition coefficient (Wildman–Crippen LogP) is 2.25. The molecule has 1 amide bonds. The summed E-state index contributed by atoms with van der Waals surface area (Å²) in [4.78, 5) is 18.1. The van der Waals surface area contributed by atoms with Crippen molar-refractivity contribution in [1.29, 1.82) is 0 Å². The molecule has 0 bridgehead atoms. The van der Waals surface area contributed by atoms with Crippen LogP contribution in [0.15, 0.2) is 36.5 Å². The van der Waals surface area contributed by atoms with E-state index in [1.54, 1.807) is 25.1 Å². The minimum absolute atomic E-state index is 0.143. The molecule has 0 aliphatic rings. The van der Waals surface area contributed by atoms with E-state index in [-0.39, 0.29) is 5.91 Å². The second kappa shape index (κ2) is 6.26. The Hall–Kier alpha value is -2.56. The van der Waals surface area contributed by atoms with Gasteiger partial charge in [0, 0.05) is 31.2 Å². The fraction of sp³-hybridized carbons (Fsp3) is 0.250. The van der Waals surface area contributed by atoms with Crippen molar-refractivity contribution in [3.63, 3.8) is 0 Å². The summed E-state index contributed by atoms with van der Waals surface area (Å²) in [6, 6.07) is 9.30. The lowest BCUT2D eigenvalue weighted by molar-refractivity contribution is 0.0785. The molecule has 110 valence electrons. The van der Waals surface area contributed by atoms with Gasteiger partial charge in [-0.3, -0.25) is 9.78 Å². The van der Waals surface area contributed by atoms with Gasteiger partial charge in [0.25, 0.3) is 5.91 Å². The Bertz CT molecular complexity index is 638. The van der Waals surface area contributed by atoms with E-state index in [1.165, 1.54) is 6.20 Å². The van der Waals surface area contributed by atoms with Crippen molar-refractivity contribution in [2.45, 2.75) is 13.5 Å². The Balaban J connectivity index is 2.11. The lowest BCUT2D eigenvalue weighted by Crippen LogP contribution is -2.27. The summed E-state index contributed by atoms with van der Waals surface area (Å²) >= 11 is 0. The monoisotopic (exact) mass is 285 g/mol. The lowest BCUT2D eigenvalue weighted by atomic mass is 10.1. The Labute approximate surface area is 124 Å². The largest absolute Gasteiger partial charge is 0.497 e. The highest BCUT2D eigenvalue weighted by Gasteiger charge is 2.15. The van der Waals surface area contributed by atoms with E-state index < -0.39 is 0 Å². The van der Waals surface area contributed by atoms with Gasteiger partial charge in [-0.05, 0) is 30.7 Å². The lowest BCUT2D eigenvalue weighted by Gasteiger charge is -2.18. The summed E-state index contributed by atoms with van der Waals surface area (Å²) < 4.78 is 5.11. The topological polar surface area (TPSA) is 68.5 Å². The molecule has 0 aliphatic carbocycles. The fourth-order valence-electron chi connectivity index (χ4n) is 2.04. The van der Waals surface area contributed by atoms with Crippen LogP contribution in [0, 0.1) is 6.92 Å². The Morgan fingerprint density at radius 3 is 2.57 bits per heavy atom. The molecule has 0 saturated heterocycles. The molecule has 1 aromatic carbocycles. The number of benzene rings is 1. The number of anilines is 1. The standard InChI is InChI=1S/C16H19N3O2/c1-11-8-15(17)14(9-18-11)16(20)19(2)10-12-4-6-13(21-3)7-5-12/h4-9H,10H2,1-3H3,(H2,17,18). The van der Waals surface area contributed by atoms with Gasteiger partial charge in [0.1, 0.15) is 5.75 Å². The third kappa shape index (κ3) is 3.51. The van der Waals surface area contributed by atoms with Crippen molar-refractivity contribution in [3.8, 4) is 5.75 Å². The number of aromatic nitrogens is 1. The smallest absolute Gasteiger partial charge is 0.257 e. The van der Waals surface area contributed by atoms with Gasteiger partial charge < -0.3 is 15.4 Å². The van der Waals surface area contributed by atoms with Gasteiger partial charge in [-0.1, -0.05) is 12.1 Å². The molecule has 0 saturated carbocycles. The van der Waals surface area contributed by atoms with Crippen molar-refractivity contribution in [2.75, 3.05) is 19.9 Å². The van der Waals surface area contributed by atoms with Crippen LogP contribution < -0.4 is 10.5 Å². The first-order valence-corrected chi connectivity index (χ1v) is 6.61. The third-order valence-electron chi connectivity index (χ3n) is 3.23. The first-order chi connectivity index (χ1) is 10.0. The summed E-state index contributed by atoms with van der Waals surface area (Å²) in [5.41, 5.74) is 8.58. The highest BCUT2D eigenvalue weighted by atomic mass is 16.5. The van der Waals surface area contributed by atoms with Crippen LogP contribution in [0.5, 0.6) is 5.75 Å². The highest BCUT2D eigenvalue weighted by Crippen LogP contribution is 2.16. The molecule has 0 unspecified atom stereocenters. The Morgan fingerprint density at radius 1 is 1.33 bits per heavy atom. The molecule has 5 nitrogen and oxygen atoms in total. The van der Waals surface area contributed by atoms with Gasteiger partial charge in [-0.15, -0.1) is 0 Å². The van der Waals surface area contributed by atoms with E-state index in [1.807, 2.05) is 31.2 Å². The first-order valence-electron chi connectivity index (χ1n) is 6.61. The van der Waals surface area contributed by atoms with Crippen LogP contribution in [-0.2, 0) is 6.54 Å². The molecule has 2 rings (SSSR count). The van der Waals surface area contributed by atoms with Crippen LogP contribution in [0.25, 0.3) is 0 Å². The van der Waals surface area contributed by atoms with Gasteiger partial charge in [0.05, 0.1) is 12.7 Å². The van der Waals surface area contributed by atoms with Gasteiger partial charge >= 0.3 is 0 Å². The Kier molecular flexibility index (Phi) is 4.42. The highest BCUT2D eigenvalue weighted by molar-refractivity contribution is 5.98. The third-order valence-corrected chi connectivity index (χ3v) is 3.23. The molecular weight excluding hydrogens is 266 g/mol. The van der Waals surface area contributed by atoms with Crippen LogP contribution >= 0.6 is 0 Å². The second-order valence-electron chi connectivity index (χ2n) is 4.92. The number of hydrogen-bond donors (Lipinski definition) is 1. The fourth-order valence-corrected chi connectivity index (χ4v) is 2.04. The van der Waals surface area contributed by atoms with Crippen LogP contribution in [0.2, 0.25) is 0 Å². The number of carbonyl (C=O) groups excluding carboxylic acids is 1. The predicted molar refractivity (Wildman–Crippen MR) is 82.2 cm³/mol. The van der Waals surface area contributed by atoms with Gasteiger partial charge in [-0.25, -0.2) is 0 Å². The van der Waals surface area contributed by atoms with Crippen LogP contribution in [0.4, 0.5) is 5.69 Å². The number of methoxy groups -OCH3 is 1. The van der Waals surface area contributed by atoms with Gasteiger partial charge in [0.15, 0.2) is 0 Å². The van der Waals surface area contributed by atoms with E-state index in [4.69, 9.17) is 10.5 Å². The molecule has 5 heteroatoms. The minimum atomic E-state index is -0.143. The van der Waals surface area contributed by atoms with Gasteiger partial charge in [-0.2, -0.15) is 0 Å². The summed E-state index contributed by atoms with van der Waals surface area (Å²) in [5, 5.41) is 0. The van der Waals surface area contributed by atoms with E-state index in [0.29, 0.717) is 17.8 Å². The van der Waals surface area contributed by atoms with Crippen molar-refractivity contribution in [3.05, 3.63) is 53.3 Å². The van der Waals surface area contributed by atoms with Crippen LogP contribution in [0.3, 0.4) is 0 Å². The number of nitrogens with zero attached hydrogens (tertiary/aromatic N) is 2. The normalized spacial score (nSPS) is 10.2. The molecule has 0 radical (unpaired) electrons. The summed E-state index contributed by atoms with van der Waals surface area (Å²) in [7, 11) is 3.36. The number of nitrogen functional groups attached to an aromatic ring is 1. The molecule has 1 heterocycles. The molecule has 21 heavy (non-hydrogen) atoms. The Morgan fingerprint density at radius 2 is 2.00 bits per heavy atom. The first kappa shape index (κ1) is 14.8. The zero-order valence-corrected chi connectivity index (χ0v) is 12.5. The number of pyridine rings is 1. The molecule has 1 aromatic heterocycles. The van der Waals surface area contributed by atoms with Crippen molar-refractivity contribution >= 4 is 11.6 Å². The second-order valence-corrected chi connectivity index (χ2v) is 4.92. The molecule has 0 spiro atoms. The maximum atomic E-state index is 12.4. The maximum Gasteiger partial charge on any atom is 0.257 e. The van der Waals surface area contributed by atoms with Crippen LogP contribution in [0.1, 0.15) is 21.6 Å². The number of carbonyl (C=O) groups is 1. The van der Waals surface area contributed by atoms with E-state index in [9.17, 15) is 4.79 Å². The zero-order chi connectivity index (χ0) is 15.4. The number of amides is 1. The number of hydrogen-bond acceptors (Lipinski definition) is 4. The summed E-state index contributed by atoms with van der Waals surface area (Å²) in [5.74, 6) is 0.649. The average molecular weight is 285 g/mol. The van der Waals surface area contributed by atoms with Crippen molar-refractivity contribution < 1.29 is 9.53 Å². The quantitative estimate of drug-likeness (QED) is 0.935. The number of ether oxygens (including phenoxy) is 1. The van der Waals surface area contributed by atoms with E-state index in [2.05, 4.69) is 4.98 Å². The minimum Gasteiger partial charge on any atom is -0.497 e. The SMILES string of the molecule is COc1ccc(CN(C)C(=O)c2cnc(C)cc2N)cc1. The molecule has 0 aliphatic heterocycles. The van der Waals surface area contributed by atoms with Crippen molar-refractivity contribution in [1.82, 2.24) is 9.88 Å². The maximum absolute atomic E-state index is 12.4. The molecule has 2 aromatic rings. The van der Waals surface area contributed by atoms with E-state index >= 15 is 0 Å². The van der Waals surface area contributed by atoms with E-state index in [0.717, 1.165) is 17.0 Å². The average Bonchev–Trinajstić information content (AvgIpc) is 2.47. The number of aryl methyl sites for hydroxylation is 1. The zero-order valence-electron chi connectivity index (χ0n) is 12.5. The summed E-state index contributed by atoms with van der Waals surface area (Å²) in [6.07, 6.45) is 1.53. The van der Waals surface area contributed by atoms with Gasteiger partial charge in [0.2, 0.25) is 0 Å². The molecule has 0 atom stereocenters. The molecule has 0 fully saturated rings. The molecular formula is C16H19N3O2.